The molecule has 3 aliphatic rings. The number of hydrogen-bond donors (Lipinski definition) is 0. The van der Waals surface area contributed by atoms with Crippen molar-refractivity contribution in [1.82, 2.24) is 4.90 Å². The Balaban J connectivity index is 1.61. The number of likely N-dealkylation sites (tertiary alicyclic amines) is 1. The molecular weight excluding hydrogens is 243 g/mol. The van der Waals surface area contributed by atoms with Crippen molar-refractivity contribution in [2.24, 2.45) is 0 Å². The molecule has 2 aliphatic heterocycles. The SMILES string of the molecule is O=C1C(N2CCc3ccc(F)cc32)CCN1C1CC1. The molecular formula is C15H17FN2O. The van der Waals surface area contributed by atoms with Crippen molar-refractivity contribution in [3.05, 3.63) is 29.6 Å². The molecule has 1 aromatic carbocycles. The van der Waals surface area contributed by atoms with E-state index in [-0.39, 0.29) is 17.8 Å². The topological polar surface area (TPSA) is 23.6 Å². The predicted octanol–water partition coefficient (Wildman–Crippen LogP) is 1.95. The molecule has 100 valence electrons. The number of rotatable bonds is 2. The molecule has 1 atom stereocenters. The maximum atomic E-state index is 13.4. The van der Waals surface area contributed by atoms with Crippen LogP contribution in [0, 0.1) is 5.82 Å². The summed E-state index contributed by atoms with van der Waals surface area (Å²) in [5.41, 5.74) is 2.09. The van der Waals surface area contributed by atoms with Gasteiger partial charge in [0.25, 0.3) is 0 Å². The first-order valence-corrected chi connectivity index (χ1v) is 7.09. The van der Waals surface area contributed by atoms with E-state index in [1.165, 1.54) is 11.6 Å². The van der Waals surface area contributed by atoms with Crippen LogP contribution in [0.4, 0.5) is 10.1 Å². The van der Waals surface area contributed by atoms with Gasteiger partial charge in [-0.3, -0.25) is 4.79 Å². The van der Waals surface area contributed by atoms with Crippen LogP contribution in [-0.2, 0) is 11.2 Å². The molecule has 2 heterocycles. The summed E-state index contributed by atoms with van der Waals surface area (Å²) in [5, 5.41) is 0. The summed E-state index contributed by atoms with van der Waals surface area (Å²) in [5.74, 6) is 0.0368. The second kappa shape index (κ2) is 3.95. The van der Waals surface area contributed by atoms with Crippen molar-refractivity contribution in [2.45, 2.75) is 37.8 Å². The van der Waals surface area contributed by atoms with E-state index in [0.717, 1.165) is 44.5 Å². The zero-order valence-corrected chi connectivity index (χ0v) is 10.8. The van der Waals surface area contributed by atoms with E-state index in [1.54, 1.807) is 6.07 Å². The minimum Gasteiger partial charge on any atom is -0.359 e. The number of halogens is 1. The summed E-state index contributed by atoms with van der Waals surface area (Å²) in [4.78, 5) is 16.6. The fourth-order valence-electron chi connectivity index (χ4n) is 3.43. The minimum atomic E-state index is -0.213. The number of amides is 1. The monoisotopic (exact) mass is 260 g/mol. The Morgan fingerprint density at radius 1 is 1.11 bits per heavy atom. The summed E-state index contributed by atoms with van der Waals surface area (Å²) in [6.45, 7) is 1.71. The lowest BCUT2D eigenvalue weighted by Gasteiger charge is -2.26. The standard InChI is InChI=1S/C15H17FN2O/c16-11-2-1-10-5-7-18(14(10)9-11)13-6-8-17(15(13)19)12-3-4-12/h1-2,9,12-13H,3-8H2. The van der Waals surface area contributed by atoms with Gasteiger partial charge in [0, 0.05) is 24.8 Å². The van der Waals surface area contributed by atoms with E-state index < -0.39 is 0 Å². The quantitative estimate of drug-likeness (QED) is 0.811. The molecule has 1 aromatic rings. The van der Waals surface area contributed by atoms with Crippen LogP contribution in [0.1, 0.15) is 24.8 Å². The lowest BCUT2D eigenvalue weighted by molar-refractivity contribution is -0.129. The van der Waals surface area contributed by atoms with Gasteiger partial charge in [0.05, 0.1) is 0 Å². The Hall–Kier alpha value is -1.58. The molecule has 4 rings (SSSR count). The molecule has 1 saturated carbocycles. The van der Waals surface area contributed by atoms with Gasteiger partial charge in [0.15, 0.2) is 0 Å². The molecule has 1 amide bonds. The van der Waals surface area contributed by atoms with Gasteiger partial charge in [0.2, 0.25) is 5.91 Å². The first kappa shape index (κ1) is 11.3. The van der Waals surface area contributed by atoms with Gasteiger partial charge in [-0.1, -0.05) is 6.07 Å². The van der Waals surface area contributed by atoms with E-state index in [1.807, 2.05) is 11.0 Å². The highest BCUT2D eigenvalue weighted by Gasteiger charge is 2.43. The van der Waals surface area contributed by atoms with E-state index in [2.05, 4.69) is 4.90 Å². The molecule has 1 aliphatic carbocycles. The van der Waals surface area contributed by atoms with Crippen molar-refractivity contribution in [3.63, 3.8) is 0 Å². The molecule has 3 nitrogen and oxygen atoms in total. The number of carbonyl (C=O) groups excluding carboxylic acids is 1. The highest BCUT2D eigenvalue weighted by Crippen LogP contribution is 2.36. The lowest BCUT2D eigenvalue weighted by atomic mass is 10.1. The zero-order valence-electron chi connectivity index (χ0n) is 10.8. The molecule has 0 aromatic heterocycles. The minimum absolute atomic E-state index is 0.0661. The van der Waals surface area contributed by atoms with Gasteiger partial charge >= 0.3 is 0 Å². The van der Waals surface area contributed by atoms with Gasteiger partial charge < -0.3 is 9.80 Å². The number of fused-ring (bicyclic) bond motifs is 1. The molecule has 0 spiro atoms. The third-order valence-corrected chi connectivity index (χ3v) is 4.55. The van der Waals surface area contributed by atoms with Gasteiger partial charge in [-0.15, -0.1) is 0 Å². The average Bonchev–Trinajstić information content (AvgIpc) is 3.05. The molecule has 0 N–H and O–H groups in total. The van der Waals surface area contributed by atoms with Gasteiger partial charge in [-0.25, -0.2) is 4.39 Å². The second-order valence-electron chi connectivity index (χ2n) is 5.78. The first-order valence-electron chi connectivity index (χ1n) is 7.09. The Kier molecular flexibility index (Phi) is 2.34. The summed E-state index contributed by atoms with van der Waals surface area (Å²) >= 11 is 0. The van der Waals surface area contributed by atoms with E-state index in [0.29, 0.717) is 6.04 Å². The van der Waals surface area contributed by atoms with Crippen LogP contribution in [0.25, 0.3) is 0 Å². The molecule has 2 fully saturated rings. The smallest absolute Gasteiger partial charge is 0.245 e. The normalized spacial score (nSPS) is 26.2. The van der Waals surface area contributed by atoms with Gasteiger partial charge in [-0.05, 0) is 43.4 Å². The maximum Gasteiger partial charge on any atom is 0.245 e. The highest BCUT2D eigenvalue weighted by molar-refractivity contribution is 5.88. The van der Waals surface area contributed by atoms with Gasteiger partial charge in [-0.2, -0.15) is 0 Å². The Morgan fingerprint density at radius 3 is 2.74 bits per heavy atom. The van der Waals surface area contributed by atoms with Crippen molar-refractivity contribution < 1.29 is 9.18 Å². The zero-order chi connectivity index (χ0) is 13.0. The molecule has 19 heavy (non-hydrogen) atoms. The lowest BCUT2D eigenvalue weighted by Crippen LogP contribution is -2.41. The third kappa shape index (κ3) is 1.73. The second-order valence-corrected chi connectivity index (χ2v) is 5.78. The molecule has 0 radical (unpaired) electrons. The molecule has 1 saturated heterocycles. The fraction of sp³-hybridized carbons (Fsp3) is 0.533. The first-order chi connectivity index (χ1) is 9.24. The van der Waals surface area contributed by atoms with E-state index in [9.17, 15) is 9.18 Å². The largest absolute Gasteiger partial charge is 0.359 e. The van der Waals surface area contributed by atoms with Crippen molar-refractivity contribution in [3.8, 4) is 0 Å². The summed E-state index contributed by atoms with van der Waals surface area (Å²) < 4.78 is 13.4. The van der Waals surface area contributed by atoms with Crippen LogP contribution in [0.2, 0.25) is 0 Å². The number of anilines is 1. The molecule has 4 heteroatoms. The van der Waals surface area contributed by atoms with Crippen molar-refractivity contribution >= 4 is 11.6 Å². The Labute approximate surface area is 112 Å². The van der Waals surface area contributed by atoms with E-state index in [4.69, 9.17) is 0 Å². The third-order valence-electron chi connectivity index (χ3n) is 4.55. The molecule has 0 bridgehead atoms. The Morgan fingerprint density at radius 2 is 1.95 bits per heavy atom. The van der Waals surface area contributed by atoms with Crippen LogP contribution >= 0.6 is 0 Å². The van der Waals surface area contributed by atoms with Crippen LogP contribution < -0.4 is 4.90 Å². The van der Waals surface area contributed by atoms with Crippen LogP contribution in [0.15, 0.2) is 18.2 Å². The highest BCUT2D eigenvalue weighted by atomic mass is 19.1. The number of benzene rings is 1. The van der Waals surface area contributed by atoms with Crippen LogP contribution in [-0.4, -0.2) is 36.0 Å². The van der Waals surface area contributed by atoms with E-state index >= 15 is 0 Å². The number of hydrogen-bond acceptors (Lipinski definition) is 2. The summed E-state index contributed by atoms with van der Waals surface area (Å²) in [6.07, 6.45) is 4.11. The Bertz CT molecular complexity index is 541. The molecule has 1 unspecified atom stereocenters. The summed E-state index contributed by atoms with van der Waals surface area (Å²) in [6, 6.07) is 5.36. The number of nitrogens with zero attached hydrogens (tertiary/aromatic N) is 2. The summed E-state index contributed by atoms with van der Waals surface area (Å²) in [7, 11) is 0. The predicted molar refractivity (Wildman–Crippen MR) is 70.6 cm³/mol. The average molecular weight is 260 g/mol. The van der Waals surface area contributed by atoms with Crippen LogP contribution in [0.3, 0.4) is 0 Å². The van der Waals surface area contributed by atoms with Crippen molar-refractivity contribution in [2.75, 3.05) is 18.0 Å². The number of carbonyl (C=O) groups is 1. The fourth-order valence-corrected chi connectivity index (χ4v) is 3.43. The van der Waals surface area contributed by atoms with Gasteiger partial charge in [0.1, 0.15) is 11.9 Å². The van der Waals surface area contributed by atoms with Crippen molar-refractivity contribution in [1.29, 1.82) is 0 Å². The van der Waals surface area contributed by atoms with Crippen LogP contribution in [0.5, 0.6) is 0 Å². The maximum absolute atomic E-state index is 13.4.